The van der Waals surface area contributed by atoms with Crippen LogP contribution < -0.4 is 10.1 Å². The highest BCUT2D eigenvalue weighted by atomic mass is 16.5. The van der Waals surface area contributed by atoms with Crippen molar-refractivity contribution in [2.75, 3.05) is 11.9 Å². The number of carbonyl (C=O) groups excluding carboxylic acids is 1. The lowest BCUT2D eigenvalue weighted by atomic mass is 10.2. The first-order chi connectivity index (χ1) is 7.88. The number of hydrogen-bond acceptors (Lipinski definition) is 2. The molecule has 1 N–H and O–H groups in total. The van der Waals surface area contributed by atoms with Gasteiger partial charge in [0, 0.05) is 0 Å². The van der Waals surface area contributed by atoms with Gasteiger partial charge in [-0.2, -0.15) is 0 Å². The fourth-order valence-corrected chi connectivity index (χ4v) is 1.49. The van der Waals surface area contributed by atoms with Crippen LogP contribution in [0.5, 0.6) is 5.75 Å². The minimum atomic E-state index is 0.666. The normalized spacial score (nSPS) is 9.81. The Morgan fingerprint density at radius 3 is 2.81 bits per heavy atom. The predicted molar refractivity (Wildman–Crippen MR) is 65.8 cm³/mol. The molecule has 1 rings (SSSR count). The first-order valence-corrected chi connectivity index (χ1v) is 5.80. The molecule has 0 saturated carbocycles. The summed E-state index contributed by atoms with van der Waals surface area (Å²) >= 11 is 0. The Bertz CT molecular complexity index is 313. The van der Waals surface area contributed by atoms with Crippen LogP contribution in [-0.2, 0) is 4.79 Å². The summed E-state index contributed by atoms with van der Waals surface area (Å²) < 4.78 is 5.61. The number of carbonyl (C=O) groups is 1. The van der Waals surface area contributed by atoms with Gasteiger partial charge in [-0.1, -0.05) is 38.3 Å². The highest BCUT2D eigenvalue weighted by molar-refractivity contribution is 5.75. The number of hydrogen-bond donors (Lipinski definition) is 1. The van der Waals surface area contributed by atoms with Gasteiger partial charge in [-0.05, 0) is 18.6 Å². The molecule has 1 amide bonds. The van der Waals surface area contributed by atoms with Gasteiger partial charge < -0.3 is 10.1 Å². The van der Waals surface area contributed by atoms with Crippen LogP contribution in [0.25, 0.3) is 0 Å². The van der Waals surface area contributed by atoms with Gasteiger partial charge >= 0.3 is 0 Å². The molecular formula is C13H19NO2. The summed E-state index contributed by atoms with van der Waals surface area (Å²) in [5.41, 5.74) is 0.730. The molecule has 0 unspecified atom stereocenters. The van der Waals surface area contributed by atoms with Crippen molar-refractivity contribution in [2.45, 2.75) is 32.6 Å². The van der Waals surface area contributed by atoms with E-state index in [1.807, 2.05) is 24.3 Å². The van der Waals surface area contributed by atoms with E-state index in [0.29, 0.717) is 13.0 Å². The van der Waals surface area contributed by atoms with Gasteiger partial charge in [0.25, 0.3) is 0 Å². The smallest absolute Gasteiger partial charge is 0.211 e. The number of anilines is 1. The summed E-state index contributed by atoms with van der Waals surface area (Å²) in [6, 6.07) is 7.47. The molecule has 3 nitrogen and oxygen atoms in total. The Balaban J connectivity index is 2.37. The summed E-state index contributed by atoms with van der Waals surface area (Å²) in [7, 11) is 0. The molecule has 88 valence electrons. The van der Waals surface area contributed by atoms with Crippen LogP contribution in [0.1, 0.15) is 32.6 Å². The molecule has 16 heavy (non-hydrogen) atoms. The molecule has 3 heteroatoms. The molecule has 0 saturated heterocycles. The lowest BCUT2D eigenvalue weighted by molar-refractivity contribution is -0.105. The van der Waals surface area contributed by atoms with E-state index in [9.17, 15) is 4.79 Å². The predicted octanol–water partition coefficient (Wildman–Crippen LogP) is 3.21. The number of benzene rings is 1. The van der Waals surface area contributed by atoms with E-state index in [1.165, 1.54) is 19.3 Å². The largest absolute Gasteiger partial charge is 0.491 e. The lowest BCUT2D eigenvalue weighted by Crippen LogP contribution is -2.01. The van der Waals surface area contributed by atoms with Crippen molar-refractivity contribution in [1.29, 1.82) is 0 Å². The van der Waals surface area contributed by atoms with Crippen LogP contribution >= 0.6 is 0 Å². The van der Waals surface area contributed by atoms with Gasteiger partial charge in [0.2, 0.25) is 6.41 Å². The van der Waals surface area contributed by atoms with Gasteiger partial charge in [-0.15, -0.1) is 0 Å². The summed E-state index contributed by atoms with van der Waals surface area (Å²) in [6.07, 6.45) is 5.39. The molecule has 1 aromatic rings. The Morgan fingerprint density at radius 1 is 1.25 bits per heavy atom. The van der Waals surface area contributed by atoms with E-state index < -0.39 is 0 Å². The number of unbranched alkanes of at least 4 members (excludes halogenated alkanes) is 3. The second-order valence-corrected chi connectivity index (χ2v) is 3.67. The van der Waals surface area contributed by atoms with E-state index in [1.54, 1.807) is 0 Å². The molecule has 0 heterocycles. The van der Waals surface area contributed by atoms with Gasteiger partial charge in [0.05, 0.1) is 12.3 Å². The molecular weight excluding hydrogens is 202 g/mol. The molecule has 0 aliphatic rings. The lowest BCUT2D eigenvalue weighted by Gasteiger charge is -2.09. The summed E-state index contributed by atoms with van der Waals surface area (Å²) in [5.74, 6) is 0.742. The van der Waals surface area contributed by atoms with E-state index >= 15 is 0 Å². The van der Waals surface area contributed by atoms with Crippen molar-refractivity contribution >= 4 is 12.1 Å². The molecule has 0 spiro atoms. The van der Waals surface area contributed by atoms with Crippen LogP contribution in [0.15, 0.2) is 24.3 Å². The Hall–Kier alpha value is -1.51. The molecule has 0 fully saturated rings. The monoisotopic (exact) mass is 221 g/mol. The zero-order valence-electron chi connectivity index (χ0n) is 9.74. The molecule has 0 bridgehead atoms. The van der Waals surface area contributed by atoms with E-state index in [4.69, 9.17) is 4.74 Å². The van der Waals surface area contributed by atoms with Crippen molar-refractivity contribution in [1.82, 2.24) is 0 Å². The van der Waals surface area contributed by atoms with Crippen LogP contribution in [0.2, 0.25) is 0 Å². The molecule has 0 aliphatic carbocycles. The van der Waals surface area contributed by atoms with Crippen LogP contribution in [0.3, 0.4) is 0 Å². The topological polar surface area (TPSA) is 38.3 Å². The zero-order chi connectivity index (χ0) is 11.6. The highest BCUT2D eigenvalue weighted by Gasteiger charge is 2.00. The quantitative estimate of drug-likeness (QED) is 0.540. The van der Waals surface area contributed by atoms with Crippen LogP contribution in [0.4, 0.5) is 5.69 Å². The van der Waals surface area contributed by atoms with Crippen molar-refractivity contribution < 1.29 is 9.53 Å². The second kappa shape index (κ2) is 7.74. The van der Waals surface area contributed by atoms with Crippen LogP contribution in [0, 0.1) is 0 Å². The minimum Gasteiger partial charge on any atom is -0.491 e. The number of ether oxygens (including phenoxy) is 1. The summed E-state index contributed by atoms with van der Waals surface area (Å²) in [4.78, 5) is 10.4. The maximum atomic E-state index is 10.4. The van der Waals surface area contributed by atoms with E-state index in [2.05, 4.69) is 12.2 Å². The fraction of sp³-hybridized carbons (Fsp3) is 0.462. The fourth-order valence-electron chi connectivity index (χ4n) is 1.49. The maximum absolute atomic E-state index is 10.4. The molecule has 0 atom stereocenters. The maximum Gasteiger partial charge on any atom is 0.211 e. The van der Waals surface area contributed by atoms with Crippen molar-refractivity contribution in [2.24, 2.45) is 0 Å². The number of amides is 1. The Kier molecular flexibility index (Phi) is 6.07. The third-order valence-corrected chi connectivity index (χ3v) is 2.36. The average Bonchev–Trinajstić information content (AvgIpc) is 2.31. The first kappa shape index (κ1) is 12.6. The van der Waals surface area contributed by atoms with E-state index in [-0.39, 0.29) is 0 Å². The number of para-hydroxylation sites is 2. The molecule has 0 aromatic heterocycles. The number of nitrogens with one attached hydrogen (secondary N) is 1. The van der Waals surface area contributed by atoms with Crippen molar-refractivity contribution in [3.63, 3.8) is 0 Å². The first-order valence-electron chi connectivity index (χ1n) is 5.80. The average molecular weight is 221 g/mol. The van der Waals surface area contributed by atoms with E-state index in [0.717, 1.165) is 17.9 Å². The van der Waals surface area contributed by atoms with Gasteiger partial charge in [0.15, 0.2) is 0 Å². The highest BCUT2D eigenvalue weighted by Crippen LogP contribution is 2.23. The third kappa shape index (κ3) is 4.34. The second-order valence-electron chi connectivity index (χ2n) is 3.67. The van der Waals surface area contributed by atoms with Gasteiger partial charge in [-0.25, -0.2) is 0 Å². The van der Waals surface area contributed by atoms with Crippen LogP contribution in [-0.4, -0.2) is 13.0 Å². The van der Waals surface area contributed by atoms with Crippen molar-refractivity contribution in [3.05, 3.63) is 24.3 Å². The van der Waals surface area contributed by atoms with Gasteiger partial charge in [0.1, 0.15) is 5.75 Å². The number of rotatable bonds is 8. The molecule has 0 radical (unpaired) electrons. The molecule has 1 aromatic carbocycles. The minimum absolute atomic E-state index is 0.666. The molecule has 0 aliphatic heterocycles. The summed E-state index contributed by atoms with van der Waals surface area (Å²) in [6.45, 7) is 2.89. The van der Waals surface area contributed by atoms with Crippen molar-refractivity contribution in [3.8, 4) is 5.75 Å². The Labute approximate surface area is 96.8 Å². The zero-order valence-corrected chi connectivity index (χ0v) is 9.74. The third-order valence-electron chi connectivity index (χ3n) is 2.36. The Morgan fingerprint density at radius 2 is 2.06 bits per heavy atom. The SMILES string of the molecule is CCCCCCOc1ccccc1NC=O. The van der Waals surface area contributed by atoms with Gasteiger partial charge in [-0.3, -0.25) is 4.79 Å². The standard InChI is InChI=1S/C13H19NO2/c1-2-3-4-7-10-16-13-9-6-5-8-12(13)14-11-15/h5-6,8-9,11H,2-4,7,10H2,1H3,(H,14,15). The summed E-state index contributed by atoms with van der Waals surface area (Å²) in [5, 5.41) is 2.62.